The Balaban J connectivity index is 1.74. The molecule has 1 aliphatic rings. The number of aliphatic hydroxyl groups excluding tert-OH is 1. The summed E-state index contributed by atoms with van der Waals surface area (Å²) >= 11 is 0. The number of hydrogen-bond acceptors (Lipinski definition) is 5. The van der Waals surface area contributed by atoms with E-state index in [1.165, 1.54) is 12.0 Å². The zero-order valence-electron chi connectivity index (χ0n) is 18.5. The van der Waals surface area contributed by atoms with Crippen LogP contribution in [0.4, 0.5) is 0 Å². The lowest BCUT2D eigenvalue weighted by Gasteiger charge is -2.26. The second-order valence-corrected chi connectivity index (χ2v) is 8.02. The van der Waals surface area contributed by atoms with E-state index in [-0.39, 0.29) is 17.9 Å². The van der Waals surface area contributed by atoms with Crippen LogP contribution in [0.2, 0.25) is 0 Å². The van der Waals surface area contributed by atoms with E-state index in [4.69, 9.17) is 4.74 Å². The van der Waals surface area contributed by atoms with Crippen molar-refractivity contribution in [3.63, 3.8) is 0 Å². The lowest BCUT2D eigenvalue weighted by atomic mass is 9.93. The quantitative estimate of drug-likeness (QED) is 0.267. The SMILES string of the molecule is COc1ccccc1C1/C(=C(\O)c2cccc3ccccc23)C(=O)C(=O)N1Cc1ccccn1. The second-order valence-electron chi connectivity index (χ2n) is 8.02. The molecule has 0 aliphatic carbocycles. The van der Waals surface area contributed by atoms with Crippen LogP contribution in [0.15, 0.2) is 96.7 Å². The van der Waals surface area contributed by atoms with Gasteiger partial charge in [0.25, 0.3) is 11.7 Å². The molecule has 0 spiro atoms. The molecule has 2 heterocycles. The molecule has 1 unspecified atom stereocenters. The Morgan fingerprint density at radius 3 is 2.47 bits per heavy atom. The maximum atomic E-state index is 13.4. The van der Waals surface area contributed by atoms with Crippen molar-refractivity contribution in [2.45, 2.75) is 12.6 Å². The highest BCUT2D eigenvalue weighted by atomic mass is 16.5. The maximum Gasteiger partial charge on any atom is 0.296 e. The van der Waals surface area contributed by atoms with Gasteiger partial charge in [-0.3, -0.25) is 14.6 Å². The average molecular weight is 450 g/mol. The summed E-state index contributed by atoms with van der Waals surface area (Å²) in [5.41, 5.74) is 1.77. The number of ether oxygens (including phenoxy) is 1. The molecule has 168 valence electrons. The molecule has 6 heteroatoms. The number of likely N-dealkylation sites (tertiary alicyclic amines) is 1. The van der Waals surface area contributed by atoms with E-state index in [9.17, 15) is 14.7 Å². The highest BCUT2D eigenvalue weighted by molar-refractivity contribution is 6.46. The fourth-order valence-corrected chi connectivity index (χ4v) is 4.50. The Kier molecular flexibility index (Phi) is 5.55. The minimum Gasteiger partial charge on any atom is -0.507 e. The molecule has 4 aromatic rings. The van der Waals surface area contributed by atoms with Crippen LogP contribution in [0.1, 0.15) is 22.9 Å². The molecular weight excluding hydrogens is 428 g/mol. The number of nitrogens with zero attached hydrogens (tertiary/aromatic N) is 2. The summed E-state index contributed by atoms with van der Waals surface area (Å²) in [7, 11) is 1.54. The first kappa shape index (κ1) is 21.4. The van der Waals surface area contributed by atoms with Crippen LogP contribution in [0.3, 0.4) is 0 Å². The van der Waals surface area contributed by atoms with Gasteiger partial charge in [0, 0.05) is 17.3 Å². The van der Waals surface area contributed by atoms with Crippen molar-refractivity contribution in [1.82, 2.24) is 9.88 Å². The minimum absolute atomic E-state index is 0.0294. The number of benzene rings is 3. The molecule has 1 saturated heterocycles. The largest absolute Gasteiger partial charge is 0.507 e. The second kappa shape index (κ2) is 8.83. The standard InChI is InChI=1S/C28H22N2O4/c1-34-23-15-5-4-13-22(23)25-24(26(31)21-14-8-10-18-9-2-3-12-20(18)21)27(32)28(33)30(25)17-19-11-6-7-16-29-19/h2-16,25,31H,17H2,1H3/b26-24+. The van der Waals surface area contributed by atoms with E-state index in [0.717, 1.165) is 10.8 Å². The first-order valence-electron chi connectivity index (χ1n) is 10.9. The van der Waals surface area contributed by atoms with Gasteiger partial charge in [-0.1, -0.05) is 66.7 Å². The first-order valence-corrected chi connectivity index (χ1v) is 10.9. The molecule has 34 heavy (non-hydrogen) atoms. The van der Waals surface area contributed by atoms with Gasteiger partial charge >= 0.3 is 0 Å². The van der Waals surface area contributed by atoms with Crippen LogP contribution in [-0.2, 0) is 16.1 Å². The Labute approximate surface area is 196 Å². The molecule has 3 aromatic carbocycles. The number of ketones is 1. The highest BCUT2D eigenvalue weighted by Crippen LogP contribution is 2.43. The van der Waals surface area contributed by atoms with E-state index in [1.807, 2.05) is 54.6 Å². The van der Waals surface area contributed by atoms with Crippen molar-refractivity contribution in [2.24, 2.45) is 0 Å². The third kappa shape index (κ3) is 3.59. The third-order valence-electron chi connectivity index (χ3n) is 6.08. The number of amides is 1. The lowest BCUT2D eigenvalue weighted by Crippen LogP contribution is -2.29. The van der Waals surface area contributed by atoms with Gasteiger partial charge in [-0.15, -0.1) is 0 Å². The zero-order chi connectivity index (χ0) is 23.7. The topological polar surface area (TPSA) is 79.7 Å². The summed E-state index contributed by atoms with van der Waals surface area (Å²) in [5.74, 6) is -1.13. The summed E-state index contributed by atoms with van der Waals surface area (Å²) in [6.45, 7) is 0.112. The maximum absolute atomic E-state index is 13.4. The fraction of sp³-hybridized carbons (Fsp3) is 0.107. The van der Waals surface area contributed by atoms with Gasteiger partial charge in [0.1, 0.15) is 11.5 Å². The fourth-order valence-electron chi connectivity index (χ4n) is 4.50. The first-order chi connectivity index (χ1) is 16.6. The third-order valence-corrected chi connectivity index (χ3v) is 6.08. The van der Waals surface area contributed by atoms with Crippen molar-refractivity contribution >= 4 is 28.2 Å². The monoisotopic (exact) mass is 450 g/mol. The average Bonchev–Trinajstić information content (AvgIpc) is 3.13. The van der Waals surface area contributed by atoms with Crippen LogP contribution >= 0.6 is 0 Å². The zero-order valence-corrected chi connectivity index (χ0v) is 18.5. The van der Waals surface area contributed by atoms with Crippen molar-refractivity contribution in [2.75, 3.05) is 7.11 Å². The van der Waals surface area contributed by atoms with Gasteiger partial charge in [0.15, 0.2) is 0 Å². The Bertz CT molecular complexity index is 1420. The van der Waals surface area contributed by atoms with E-state index < -0.39 is 17.7 Å². The smallest absolute Gasteiger partial charge is 0.296 e. The van der Waals surface area contributed by atoms with Gasteiger partial charge in [0.2, 0.25) is 0 Å². The van der Waals surface area contributed by atoms with E-state index in [1.54, 1.807) is 36.5 Å². The van der Waals surface area contributed by atoms with Crippen LogP contribution in [0.5, 0.6) is 5.75 Å². The normalized spacial score (nSPS) is 17.3. The molecule has 1 N–H and O–H groups in total. The number of Topliss-reactive ketones (excluding diaryl/α,β-unsaturated/α-hetero) is 1. The number of fused-ring (bicyclic) bond motifs is 1. The van der Waals surface area contributed by atoms with Crippen LogP contribution < -0.4 is 4.74 Å². The Hall–Kier alpha value is -4.45. The number of methoxy groups -OCH3 is 1. The summed E-state index contributed by atoms with van der Waals surface area (Å²) in [5, 5.41) is 13.2. The molecule has 1 aliphatic heterocycles. The van der Waals surface area contributed by atoms with Crippen molar-refractivity contribution in [3.05, 3.63) is 114 Å². The number of pyridine rings is 1. The van der Waals surface area contributed by atoms with Gasteiger partial charge < -0.3 is 14.7 Å². The van der Waals surface area contributed by atoms with Gasteiger partial charge in [-0.2, -0.15) is 0 Å². The molecule has 1 fully saturated rings. The number of carbonyl (C=O) groups is 2. The van der Waals surface area contributed by atoms with Crippen LogP contribution in [0, 0.1) is 0 Å². The molecule has 1 atom stereocenters. The molecule has 1 aromatic heterocycles. The molecule has 0 saturated carbocycles. The number of aliphatic hydroxyl groups is 1. The van der Waals surface area contributed by atoms with Gasteiger partial charge in [-0.25, -0.2) is 0 Å². The van der Waals surface area contributed by atoms with Crippen LogP contribution in [0.25, 0.3) is 16.5 Å². The number of carbonyl (C=O) groups excluding carboxylic acids is 2. The predicted molar refractivity (Wildman–Crippen MR) is 129 cm³/mol. The Morgan fingerprint density at radius 2 is 1.68 bits per heavy atom. The summed E-state index contributed by atoms with van der Waals surface area (Å²) in [4.78, 5) is 32.4. The molecule has 6 nitrogen and oxygen atoms in total. The number of hydrogen-bond donors (Lipinski definition) is 1. The summed E-state index contributed by atoms with van der Waals surface area (Å²) in [6.07, 6.45) is 1.64. The summed E-state index contributed by atoms with van der Waals surface area (Å²) in [6, 6.07) is 24.9. The lowest BCUT2D eigenvalue weighted by molar-refractivity contribution is -0.140. The van der Waals surface area contributed by atoms with Crippen molar-refractivity contribution in [1.29, 1.82) is 0 Å². The van der Waals surface area contributed by atoms with E-state index in [2.05, 4.69) is 4.98 Å². The predicted octanol–water partition coefficient (Wildman–Crippen LogP) is 4.87. The molecule has 0 radical (unpaired) electrons. The molecule has 5 rings (SSSR count). The Morgan fingerprint density at radius 1 is 0.941 bits per heavy atom. The van der Waals surface area contributed by atoms with Crippen molar-refractivity contribution in [3.8, 4) is 5.75 Å². The molecule has 0 bridgehead atoms. The number of rotatable bonds is 5. The van der Waals surface area contributed by atoms with Crippen LogP contribution in [-0.4, -0.2) is 33.8 Å². The highest BCUT2D eigenvalue weighted by Gasteiger charge is 2.47. The van der Waals surface area contributed by atoms with Crippen molar-refractivity contribution < 1.29 is 19.4 Å². The summed E-state index contributed by atoms with van der Waals surface area (Å²) < 4.78 is 5.56. The van der Waals surface area contributed by atoms with E-state index in [0.29, 0.717) is 22.6 Å². The molecule has 1 amide bonds. The van der Waals surface area contributed by atoms with Gasteiger partial charge in [-0.05, 0) is 29.0 Å². The van der Waals surface area contributed by atoms with E-state index >= 15 is 0 Å². The minimum atomic E-state index is -0.836. The molecular formula is C28H22N2O4. The number of aromatic nitrogens is 1. The van der Waals surface area contributed by atoms with Gasteiger partial charge in [0.05, 0.1) is 31.0 Å². The number of para-hydroxylation sites is 1.